The lowest BCUT2D eigenvalue weighted by atomic mass is 10.1. The zero-order valence-corrected chi connectivity index (χ0v) is 16.3. The Hall–Kier alpha value is -1.68. The van der Waals surface area contributed by atoms with Crippen LogP contribution in [0.5, 0.6) is 0 Å². The summed E-state index contributed by atoms with van der Waals surface area (Å²) in [7, 11) is -3.54. The maximum absolute atomic E-state index is 12.9. The quantitative estimate of drug-likeness (QED) is 0.778. The highest BCUT2D eigenvalue weighted by Crippen LogP contribution is 2.20. The number of hydrogen-bond acceptors (Lipinski definition) is 5. The minimum absolute atomic E-state index is 0.229. The van der Waals surface area contributed by atoms with Crippen LogP contribution in [-0.4, -0.2) is 84.8 Å². The van der Waals surface area contributed by atoms with E-state index in [1.807, 2.05) is 0 Å². The number of sulfonamides is 1. The SMILES string of the molecule is O=c1[nH]c2ccc(S(=O)(=O)N3CCN(CCN4CCCCC4)CC3)cc2[nH]1. The van der Waals surface area contributed by atoms with Crippen molar-refractivity contribution in [1.29, 1.82) is 0 Å². The molecule has 2 aliphatic rings. The van der Waals surface area contributed by atoms with Crippen molar-refractivity contribution >= 4 is 21.1 Å². The van der Waals surface area contributed by atoms with Crippen LogP contribution in [0.1, 0.15) is 19.3 Å². The summed E-state index contributed by atoms with van der Waals surface area (Å²) >= 11 is 0. The minimum atomic E-state index is -3.54. The number of aromatic nitrogens is 2. The van der Waals surface area contributed by atoms with Gasteiger partial charge < -0.3 is 14.9 Å². The molecule has 0 amide bonds. The van der Waals surface area contributed by atoms with E-state index >= 15 is 0 Å². The number of rotatable bonds is 5. The van der Waals surface area contributed by atoms with Crippen LogP contribution in [0.2, 0.25) is 0 Å². The molecular formula is C18H27N5O3S. The summed E-state index contributed by atoms with van der Waals surface area (Å²) in [5, 5.41) is 0. The number of benzene rings is 1. The fourth-order valence-electron chi connectivity index (χ4n) is 3.98. The van der Waals surface area contributed by atoms with Gasteiger partial charge in [-0.05, 0) is 44.1 Å². The van der Waals surface area contributed by atoms with E-state index in [4.69, 9.17) is 0 Å². The van der Waals surface area contributed by atoms with Crippen molar-refractivity contribution in [3.8, 4) is 0 Å². The molecule has 0 atom stereocenters. The molecule has 2 aliphatic heterocycles. The third-order valence-electron chi connectivity index (χ3n) is 5.64. The van der Waals surface area contributed by atoms with Crippen LogP contribution < -0.4 is 5.69 Å². The molecule has 0 radical (unpaired) electrons. The van der Waals surface area contributed by atoms with E-state index in [0.29, 0.717) is 24.1 Å². The van der Waals surface area contributed by atoms with Gasteiger partial charge in [-0.15, -0.1) is 0 Å². The van der Waals surface area contributed by atoms with E-state index in [2.05, 4.69) is 19.8 Å². The summed E-state index contributed by atoms with van der Waals surface area (Å²) in [5.41, 5.74) is 0.796. The van der Waals surface area contributed by atoms with Crippen LogP contribution in [0.25, 0.3) is 11.0 Å². The van der Waals surface area contributed by atoms with E-state index in [1.165, 1.54) is 38.4 Å². The summed E-state index contributed by atoms with van der Waals surface area (Å²) in [5.74, 6) is 0. The van der Waals surface area contributed by atoms with Gasteiger partial charge in [0.05, 0.1) is 15.9 Å². The van der Waals surface area contributed by atoms with Crippen molar-refractivity contribution < 1.29 is 8.42 Å². The first-order chi connectivity index (χ1) is 13.0. The number of likely N-dealkylation sites (tertiary alicyclic amines) is 1. The second-order valence-corrected chi connectivity index (χ2v) is 9.37. The topological polar surface area (TPSA) is 92.5 Å². The van der Waals surface area contributed by atoms with E-state index < -0.39 is 10.0 Å². The Morgan fingerprint density at radius 2 is 1.44 bits per heavy atom. The number of aromatic amines is 2. The predicted molar refractivity (Wildman–Crippen MR) is 104 cm³/mol. The van der Waals surface area contributed by atoms with Crippen molar-refractivity contribution in [1.82, 2.24) is 24.1 Å². The third-order valence-corrected chi connectivity index (χ3v) is 7.53. The highest BCUT2D eigenvalue weighted by molar-refractivity contribution is 7.89. The fraction of sp³-hybridized carbons (Fsp3) is 0.611. The van der Waals surface area contributed by atoms with Gasteiger partial charge in [0.2, 0.25) is 10.0 Å². The molecule has 8 nitrogen and oxygen atoms in total. The number of piperidine rings is 1. The first-order valence-corrected chi connectivity index (χ1v) is 11.1. The average Bonchev–Trinajstić information content (AvgIpc) is 3.06. The van der Waals surface area contributed by atoms with Crippen LogP contribution in [0, 0.1) is 0 Å². The molecule has 2 aromatic rings. The molecule has 0 unspecified atom stereocenters. The molecule has 0 bridgehead atoms. The van der Waals surface area contributed by atoms with E-state index in [-0.39, 0.29) is 10.6 Å². The number of hydrogen-bond donors (Lipinski definition) is 2. The van der Waals surface area contributed by atoms with Crippen molar-refractivity contribution in [2.24, 2.45) is 0 Å². The Labute approximate surface area is 159 Å². The first-order valence-electron chi connectivity index (χ1n) is 9.69. The Kier molecular flexibility index (Phi) is 5.36. The largest absolute Gasteiger partial charge is 0.323 e. The Bertz CT molecular complexity index is 937. The minimum Gasteiger partial charge on any atom is -0.306 e. The number of H-pyrrole nitrogens is 2. The van der Waals surface area contributed by atoms with Crippen molar-refractivity contribution in [3.63, 3.8) is 0 Å². The zero-order valence-electron chi connectivity index (χ0n) is 15.5. The summed E-state index contributed by atoms with van der Waals surface area (Å²) in [6, 6.07) is 4.73. The van der Waals surface area contributed by atoms with Crippen LogP contribution in [0.4, 0.5) is 0 Å². The van der Waals surface area contributed by atoms with Gasteiger partial charge in [0.15, 0.2) is 0 Å². The van der Waals surface area contributed by atoms with Crippen molar-refractivity contribution in [2.45, 2.75) is 24.2 Å². The normalized spacial score (nSPS) is 21.0. The maximum atomic E-state index is 12.9. The molecule has 0 saturated carbocycles. The van der Waals surface area contributed by atoms with Gasteiger partial charge in [0.25, 0.3) is 0 Å². The van der Waals surface area contributed by atoms with Crippen LogP contribution in [-0.2, 0) is 10.0 Å². The summed E-state index contributed by atoms with van der Waals surface area (Å²) in [4.78, 5) is 21.7. The molecule has 0 spiro atoms. The Balaban J connectivity index is 1.36. The second-order valence-electron chi connectivity index (χ2n) is 7.43. The smallest absolute Gasteiger partial charge is 0.306 e. The summed E-state index contributed by atoms with van der Waals surface area (Å²) in [6.07, 6.45) is 3.93. The average molecular weight is 394 g/mol. The second kappa shape index (κ2) is 7.75. The highest BCUT2D eigenvalue weighted by atomic mass is 32.2. The molecule has 1 aromatic heterocycles. The Morgan fingerprint density at radius 1 is 0.815 bits per heavy atom. The lowest BCUT2D eigenvalue weighted by molar-refractivity contribution is 0.149. The van der Waals surface area contributed by atoms with Gasteiger partial charge in [-0.2, -0.15) is 4.31 Å². The van der Waals surface area contributed by atoms with Gasteiger partial charge in [0, 0.05) is 39.3 Å². The number of imidazole rings is 1. The molecule has 148 valence electrons. The van der Waals surface area contributed by atoms with Gasteiger partial charge in [-0.1, -0.05) is 6.42 Å². The predicted octanol–water partition coefficient (Wildman–Crippen LogP) is 0.648. The summed E-state index contributed by atoms with van der Waals surface area (Å²) < 4.78 is 27.4. The molecule has 27 heavy (non-hydrogen) atoms. The number of nitrogens with one attached hydrogen (secondary N) is 2. The van der Waals surface area contributed by atoms with E-state index in [9.17, 15) is 13.2 Å². The lowest BCUT2D eigenvalue weighted by Crippen LogP contribution is -2.50. The van der Waals surface area contributed by atoms with Gasteiger partial charge in [0.1, 0.15) is 0 Å². The molecule has 4 rings (SSSR count). The lowest BCUT2D eigenvalue weighted by Gasteiger charge is -2.35. The van der Waals surface area contributed by atoms with Gasteiger partial charge in [-0.25, -0.2) is 13.2 Å². The molecule has 9 heteroatoms. The van der Waals surface area contributed by atoms with Gasteiger partial charge in [-0.3, -0.25) is 4.90 Å². The molecule has 2 saturated heterocycles. The highest BCUT2D eigenvalue weighted by Gasteiger charge is 2.29. The number of nitrogens with zero attached hydrogens (tertiary/aromatic N) is 3. The molecule has 3 heterocycles. The molecule has 0 aliphatic carbocycles. The van der Waals surface area contributed by atoms with Crippen molar-refractivity contribution in [2.75, 3.05) is 52.4 Å². The zero-order chi connectivity index (χ0) is 18.9. The van der Waals surface area contributed by atoms with Gasteiger partial charge >= 0.3 is 5.69 Å². The molecular weight excluding hydrogens is 366 g/mol. The standard InChI is InChI=1S/C18H27N5O3S/c24-18-19-16-5-4-15(14-17(16)20-18)27(25,26)23-12-10-22(11-13-23)9-8-21-6-2-1-3-7-21/h4-5,14H,1-3,6-13H2,(H2,19,20,24). The fourth-order valence-corrected chi connectivity index (χ4v) is 5.43. The molecule has 1 aromatic carbocycles. The van der Waals surface area contributed by atoms with Crippen LogP contribution in [0.3, 0.4) is 0 Å². The van der Waals surface area contributed by atoms with Crippen LogP contribution >= 0.6 is 0 Å². The summed E-state index contributed by atoms with van der Waals surface area (Å²) in [6.45, 7) is 6.99. The van der Waals surface area contributed by atoms with Crippen molar-refractivity contribution in [3.05, 3.63) is 28.7 Å². The van der Waals surface area contributed by atoms with Crippen LogP contribution in [0.15, 0.2) is 27.9 Å². The number of fused-ring (bicyclic) bond motifs is 1. The molecule has 2 N–H and O–H groups in total. The third kappa shape index (κ3) is 4.11. The van der Waals surface area contributed by atoms with E-state index in [1.54, 1.807) is 16.4 Å². The maximum Gasteiger partial charge on any atom is 0.323 e. The first kappa shape index (κ1) is 18.7. The van der Waals surface area contributed by atoms with E-state index in [0.717, 1.165) is 26.2 Å². The monoisotopic (exact) mass is 393 g/mol. The Morgan fingerprint density at radius 3 is 2.15 bits per heavy atom. The number of piperazine rings is 1. The molecule has 2 fully saturated rings.